The molecule has 30 heavy (non-hydrogen) atoms. The Morgan fingerprint density at radius 3 is 2.53 bits per heavy atom. The molecule has 0 bridgehead atoms. The Balaban J connectivity index is 1.59. The van der Waals surface area contributed by atoms with E-state index in [4.69, 9.17) is 0 Å². The molecule has 148 valence electrons. The fourth-order valence-corrected chi connectivity index (χ4v) is 4.08. The van der Waals surface area contributed by atoms with E-state index < -0.39 is 5.76 Å². The molecule has 8 heteroatoms. The van der Waals surface area contributed by atoms with Crippen LogP contribution < -0.4 is 11.3 Å². The summed E-state index contributed by atoms with van der Waals surface area (Å²) in [5, 5.41) is 14.0. The third-order valence-electron chi connectivity index (χ3n) is 4.46. The van der Waals surface area contributed by atoms with E-state index in [9.17, 15) is 14.9 Å². The van der Waals surface area contributed by atoms with Gasteiger partial charge in [-0.15, -0.1) is 11.8 Å². The molecule has 0 fully saturated rings. The van der Waals surface area contributed by atoms with Crippen LogP contribution >= 0.6 is 11.8 Å². The van der Waals surface area contributed by atoms with E-state index in [1.54, 1.807) is 0 Å². The predicted octanol–water partition coefficient (Wildman–Crippen LogP) is 3.47. The summed E-state index contributed by atoms with van der Waals surface area (Å²) in [7, 11) is 0. The van der Waals surface area contributed by atoms with Crippen molar-refractivity contribution in [2.24, 2.45) is 0 Å². The zero-order valence-electron chi connectivity index (χ0n) is 15.7. The summed E-state index contributed by atoms with van der Waals surface area (Å²) in [5.41, 5.74) is 3.62. The van der Waals surface area contributed by atoms with Gasteiger partial charge in [0.05, 0.1) is 10.6 Å². The number of nitrogens with one attached hydrogen (secondary N) is 2. The Morgan fingerprint density at radius 1 is 1.00 bits per heavy atom. The van der Waals surface area contributed by atoms with Crippen molar-refractivity contribution >= 4 is 11.8 Å². The lowest BCUT2D eigenvalue weighted by molar-refractivity contribution is 0.388. The number of rotatable bonds is 6. The summed E-state index contributed by atoms with van der Waals surface area (Å²) in [5.74, 6) is 0.258. The zero-order valence-corrected chi connectivity index (χ0v) is 16.5. The third kappa shape index (κ3) is 4.42. The Hall–Kier alpha value is -3.83. The topological polar surface area (TPSA) is 116 Å². The summed E-state index contributed by atoms with van der Waals surface area (Å²) in [4.78, 5) is 28.7. The molecular weight excluding hydrogens is 400 g/mol. The second-order valence-corrected chi connectivity index (χ2v) is 7.56. The molecule has 0 atom stereocenters. The molecule has 0 amide bonds. The van der Waals surface area contributed by atoms with Gasteiger partial charge >= 0.3 is 5.76 Å². The van der Waals surface area contributed by atoms with Crippen LogP contribution in [-0.4, -0.2) is 15.1 Å². The van der Waals surface area contributed by atoms with E-state index in [0.717, 1.165) is 11.1 Å². The molecule has 2 heterocycles. The first-order valence-corrected chi connectivity index (χ1v) is 10.1. The lowest BCUT2D eigenvalue weighted by atomic mass is 10.0. The highest BCUT2D eigenvalue weighted by atomic mass is 32.2. The highest BCUT2D eigenvalue weighted by Crippen LogP contribution is 2.27. The molecule has 0 saturated heterocycles. The number of aromatic amines is 2. The molecule has 0 aliphatic heterocycles. The van der Waals surface area contributed by atoms with Gasteiger partial charge in [0.2, 0.25) is 5.56 Å². The fraction of sp³-hybridized carbons (Fsp3) is 0.0909. The number of pyridine rings is 1. The third-order valence-corrected chi connectivity index (χ3v) is 5.54. The van der Waals surface area contributed by atoms with E-state index in [1.165, 1.54) is 17.8 Å². The molecule has 0 saturated carbocycles. The van der Waals surface area contributed by atoms with E-state index in [1.807, 2.05) is 54.6 Å². The Morgan fingerprint density at radius 2 is 1.80 bits per heavy atom. The van der Waals surface area contributed by atoms with Crippen LogP contribution in [0.2, 0.25) is 0 Å². The van der Waals surface area contributed by atoms with Crippen LogP contribution in [0.4, 0.5) is 0 Å². The maximum Gasteiger partial charge on any atom is 0.439 e. The van der Waals surface area contributed by atoms with Crippen molar-refractivity contribution in [2.45, 2.75) is 17.2 Å². The van der Waals surface area contributed by atoms with Crippen molar-refractivity contribution in [1.82, 2.24) is 15.1 Å². The van der Waals surface area contributed by atoms with Crippen molar-refractivity contribution in [1.29, 1.82) is 5.26 Å². The summed E-state index contributed by atoms with van der Waals surface area (Å²) >= 11 is 1.38. The fourth-order valence-electron chi connectivity index (χ4n) is 3.09. The highest BCUT2D eigenvalue weighted by molar-refractivity contribution is 7.98. The molecule has 0 unspecified atom stereocenters. The second-order valence-electron chi connectivity index (χ2n) is 6.57. The van der Waals surface area contributed by atoms with Gasteiger partial charge in [-0.3, -0.25) is 14.3 Å². The molecule has 7 nitrogen and oxygen atoms in total. The van der Waals surface area contributed by atoms with Gasteiger partial charge in [0.1, 0.15) is 6.07 Å². The summed E-state index contributed by atoms with van der Waals surface area (Å²) in [6.45, 7) is 0. The highest BCUT2D eigenvalue weighted by Gasteiger charge is 2.13. The van der Waals surface area contributed by atoms with Crippen molar-refractivity contribution in [3.8, 4) is 17.5 Å². The number of nitrogens with zero attached hydrogens (tertiary/aromatic N) is 2. The minimum Gasteiger partial charge on any atom is -0.316 e. The predicted molar refractivity (Wildman–Crippen MR) is 113 cm³/mol. The van der Waals surface area contributed by atoms with Gasteiger partial charge < -0.3 is 4.98 Å². The first kappa shape index (κ1) is 19.5. The number of hydrogen-bond acceptors (Lipinski definition) is 6. The number of benzene rings is 2. The van der Waals surface area contributed by atoms with Crippen LogP contribution in [0.1, 0.15) is 22.3 Å². The molecule has 0 spiro atoms. The van der Waals surface area contributed by atoms with Gasteiger partial charge in [-0.05, 0) is 29.2 Å². The second kappa shape index (κ2) is 8.68. The van der Waals surface area contributed by atoms with Crippen LogP contribution in [-0.2, 0) is 12.2 Å². The van der Waals surface area contributed by atoms with Crippen LogP contribution in [0.25, 0.3) is 11.4 Å². The minimum atomic E-state index is -0.615. The molecule has 2 aromatic carbocycles. The van der Waals surface area contributed by atoms with Gasteiger partial charge in [-0.25, -0.2) is 4.79 Å². The van der Waals surface area contributed by atoms with Gasteiger partial charge in [0.25, 0.3) is 0 Å². The van der Waals surface area contributed by atoms with Crippen LogP contribution in [0, 0.1) is 11.3 Å². The molecule has 2 aromatic heterocycles. The molecule has 0 aliphatic rings. The van der Waals surface area contributed by atoms with Gasteiger partial charge in [-0.2, -0.15) is 5.26 Å². The van der Waals surface area contributed by atoms with Gasteiger partial charge in [0, 0.05) is 17.4 Å². The van der Waals surface area contributed by atoms with Crippen molar-refractivity contribution in [3.63, 3.8) is 0 Å². The Bertz CT molecular complexity index is 1330. The summed E-state index contributed by atoms with van der Waals surface area (Å²) in [6.07, 6.45) is 0.510. The number of hydrogen-bond donors (Lipinski definition) is 2. The number of H-pyrrole nitrogens is 2. The largest absolute Gasteiger partial charge is 0.439 e. The quantitative estimate of drug-likeness (QED) is 0.465. The molecule has 0 aliphatic carbocycles. The van der Waals surface area contributed by atoms with Crippen molar-refractivity contribution in [3.05, 3.63) is 104 Å². The monoisotopic (exact) mass is 416 g/mol. The maximum atomic E-state index is 12.2. The lowest BCUT2D eigenvalue weighted by Gasteiger charge is -2.09. The Kier molecular flexibility index (Phi) is 5.63. The van der Waals surface area contributed by atoms with Crippen molar-refractivity contribution < 1.29 is 4.52 Å². The normalized spacial score (nSPS) is 10.6. The standard InChI is InChI=1S/C22H16N4O3S/c23-12-18-17(9-14-5-2-1-3-6-14)11-19(27)24-21(18)30-13-15-7-4-8-16(10-15)20-25-22(28)29-26-20/h1-8,10-11H,9,13H2,(H,24,27)(H,25,26,28). The minimum absolute atomic E-state index is 0.239. The summed E-state index contributed by atoms with van der Waals surface area (Å²) < 4.78 is 4.55. The van der Waals surface area contributed by atoms with E-state index in [-0.39, 0.29) is 5.56 Å². The first-order valence-electron chi connectivity index (χ1n) is 9.11. The van der Waals surface area contributed by atoms with Crippen LogP contribution in [0.3, 0.4) is 0 Å². The van der Waals surface area contributed by atoms with E-state index >= 15 is 0 Å². The van der Waals surface area contributed by atoms with E-state index in [0.29, 0.717) is 39.7 Å². The van der Waals surface area contributed by atoms with Gasteiger partial charge in [-0.1, -0.05) is 53.7 Å². The number of thioether (sulfide) groups is 1. The zero-order chi connectivity index (χ0) is 20.9. The number of aromatic nitrogens is 3. The molecule has 4 rings (SSSR count). The molecule has 0 radical (unpaired) electrons. The summed E-state index contributed by atoms with van der Waals surface area (Å²) in [6, 6.07) is 20.9. The smallest absolute Gasteiger partial charge is 0.316 e. The van der Waals surface area contributed by atoms with Gasteiger partial charge in [0.15, 0.2) is 5.82 Å². The first-order chi connectivity index (χ1) is 14.6. The average molecular weight is 416 g/mol. The lowest BCUT2D eigenvalue weighted by Crippen LogP contribution is -2.10. The van der Waals surface area contributed by atoms with Crippen molar-refractivity contribution in [2.75, 3.05) is 0 Å². The SMILES string of the molecule is N#Cc1c(Cc2ccccc2)cc(=O)[nH]c1SCc1cccc(-c2noc(=O)[nH]2)c1. The molecule has 2 N–H and O–H groups in total. The van der Waals surface area contributed by atoms with Crippen LogP contribution in [0.5, 0.6) is 0 Å². The molecule has 4 aromatic rings. The average Bonchev–Trinajstić information content (AvgIpc) is 3.19. The van der Waals surface area contributed by atoms with Crippen LogP contribution in [0.15, 0.2) is 79.8 Å². The molecular formula is C22H16N4O3S. The number of nitriles is 1. The van der Waals surface area contributed by atoms with E-state index in [2.05, 4.69) is 25.7 Å². The Labute approximate surface area is 175 Å². The maximum absolute atomic E-state index is 12.2.